The van der Waals surface area contributed by atoms with Gasteiger partial charge < -0.3 is 15.0 Å². The van der Waals surface area contributed by atoms with E-state index < -0.39 is 13.0 Å². The molecule has 3 heterocycles. The summed E-state index contributed by atoms with van der Waals surface area (Å²) in [4.78, 5) is 20.9. The number of benzene rings is 1. The predicted molar refractivity (Wildman–Crippen MR) is 136 cm³/mol. The molecule has 1 N–H and O–H groups in total. The summed E-state index contributed by atoms with van der Waals surface area (Å²) in [5, 5.41) is 8.89. The Hall–Kier alpha value is -2.59. The Morgan fingerprint density at radius 1 is 1.22 bits per heavy atom. The molecule has 36 heavy (non-hydrogen) atoms. The summed E-state index contributed by atoms with van der Waals surface area (Å²) in [6, 6.07) is 5.97. The van der Waals surface area contributed by atoms with Crippen molar-refractivity contribution in [1.82, 2.24) is 25.0 Å². The summed E-state index contributed by atoms with van der Waals surface area (Å²) in [6.07, 6.45) is 6.56. The van der Waals surface area contributed by atoms with Crippen molar-refractivity contribution in [2.75, 3.05) is 26.2 Å². The Kier molecular flexibility index (Phi) is 7.81. The van der Waals surface area contributed by atoms with Crippen LogP contribution in [0.5, 0.6) is 5.19 Å². The number of thiazole rings is 1. The average molecular weight is 518 g/mol. The fraction of sp³-hybridized carbons (Fsp3) is 0.577. The van der Waals surface area contributed by atoms with Crippen molar-refractivity contribution in [3.63, 3.8) is 0 Å². The van der Waals surface area contributed by atoms with Gasteiger partial charge in [0, 0.05) is 48.4 Å². The maximum absolute atomic E-state index is 12.8. The number of aryl methyl sites for hydroxylation is 1. The third kappa shape index (κ3) is 6.03. The molecule has 2 aromatic heterocycles. The van der Waals surface area contributed by atoms with Gasteiger partial charge in [0.1, 0.15) is 0 Å². The molecule has 0 bridgehead atoms. The van der Waals surface area contributed by atoms with Crippen molar-refractivity contribution < 1.29 is 18.3 Å². The van der Waals surface area contributed by atoms with Crippen LogP contribution < -0.4 is 10.1 Å². The van der Waals surface area contributed by atoms with E-state index in [2.05, 4.69) is 20.3 Å². The molecular formula is C26H33F2N5O2S. The molecule has 2 aliphatic rings. The lowest BCUT2D eigenvalue weighted by Gasteiger charge is -2.30. The SMILES string of the molecule is Cn1ncc2ccc(C(=O)NC3CCC(CCN4CCc5nc(OCC(F)F)sc5CC4)CC3)cc21. The first kappa shape index (κ1) is 25.1. The number of amides is 1. The van der Waals surface area contributed by atoms with E-state index in [1.54, 1.807) is 4.68 Å². The minimum atomic E-state index is -2.47. The number of carbonyl (C=O) groups excluding carboxylic acids is 1. The summed E-state index contributed by atoms with van der Waals surface area (Å²) >= 11 is 1.41. The topological polar surface area (TPSA) is 72.3 Å². The summed E-state index contributed by atoms with van der Waals surface area (Å²) in [5.41, 5.74) is 2.65. The highest BCUT2D eigenvalue weighted by Crippen LogP contribution is 2.30. The standard InChI is InChI=1S/C26H33F2N5O2S/c1-32-22-14-18(4-5-19(22)15-29-32)25(34)30-20-6-2-17(3-7-20)8-11-33-12-9-21-23(10-13-33)36-26(31-21)35-16-24(27)28/h4-5,14-15,17,20,24H,2-3,6-13,16H2,1H3,(H,30,34). The minimum absolute atomic E-state index is 0.00467. The van der Waals surface area contributed by atoms with Crippen molar-refractivity contribution in [2.45, 2.75) is 57.4 Å². The number of rotatable bonds is 8. The van der Waals surface area contributed by atoms with Crippen LogP contribution in [0.25, 0.3) is 10.9 Å². The third-order valence-electron chi connectivity index (χ3n) is 7.46. The second kappa shape index (κ2) is 11.2. The first-order valence-corrected chi connectivity index (χ1v) is 13.6. The van der Waals surface area contributed by atoms with Crippen molar-refractivity contribution in [3.8, 4) is 5.19 Å². The molecule has 3 aromatic rings. The van der Waals surface area contributed by atoms with Gasteiger partial charge in [-0.1, -0.05) is 17.4 Å². The van der Waals surface area contributed by atoms with Crippen molar-refractivity contribution in [1.29, 1.82) is 0 Å². The number of carbonyl (C=O) groups is 1. The maximum atomic E-state index is 12.8. The highest BCUT2D eigenvalue weighted by Gasteiger charge is 2.25. The Morgan fingerprint density at radius 3 is 2.83 bits per heavy atom. The van der Waals surface area contributed by atoms with E-state index in [1.807, 2.05) is 31.4 Å². The largest absolute Gasteiger partial charge is 0.464 e. The van der Waals surface area contributed by atoms with Crippen molar-refractivity contribution >= 4 is 28.1 Å². The lowest BCUT2D eigenvalue weighted by molar-refractivity contribution is 0.0816. The zero-order valence-electron chi connectivity index (χ0n) is 20.6. The van der Waals surface area contributed by atoms with E-state index >= 15 is 0 Å². The van der Waals surface area contributed by atoms with Crippen LogP contribution in [0.1, 0.15) is 53.0 Å². The molecule has 194 valence electrons. The van der Waals surface area contributed by atoms with E-state index in [0.717, 1.165) is 74.8 Å². The van der Waals surface area contributed by atoms with Crippen LogP contribution in [0.2, 0.25) is 0 Å². The average Bonchev–Trinajstić information content (AvgIpc) is 3.39. The van der Waals surface area contributed by atoms with Gasteiger partial charge in [0.05, 0.1) is 17.4 Å². The molecule has 1 fully saturated rings. The van der Waals surface area contributed by atoms with Crippen LogP contribution in [-0.2, 0) is 19.9 Å². The first-order valence-electron chi connectivity index (χ1n) is 12.8. The van der Waals surface area contributed by atoms with Gasteiger partial charge in [0.2, 0.25) is 0 Å². The van der Waals surface area contributed by atoms with Gasteiger partial charge in [0.25, 0.3) is 17.5 Å². The Morgan fingerprint density at radius 2 is 2.03 bits per heavy atom. The molecule has 0 atom stereocenters. The first-order chi connectivity index (χ1) is 17.4. The van der Waals surface area contributed by atoms with Gasteiger partial charge in [-0.3, -0.25) is 9.48 Å². The highest BCUT2D eigenvalue weighted by atomic mass is 32.1. The molecule has 7 nitrogen and oxygen atoms in total. The van der Waals surface area contributed by atoms with Crippen LogP contribution in [0, 0.1) is 5.92 Å². The number of halogens is 2. The molecule has 1 saturated carbocycles. The Balaban J connectivity index is 1.03. The fourth-order valence-corrected chi connectivity index (χ4v) is 6.27. The van der Waals surface area contributed by atoms with E-state index in [1.165, 1.54) is 22.6 Å². The number of aromatic nitrogens is 3. The minimum Gasteiger partial charge on any atom is -0.464 e. The number of nitrogens with one attached hydrogen (secondary N) is 1. The normalized spacial score (nSPS) is 20.9. The summed E-state index contributed by atoms with van der Waals surface area (Å²) < 4.78 is 31.7. The fourth-order valence-electron chi connectivity index (χ4n) is 5.32. The number of nitrogens with zero attached hydrogens (tertiary/aromatic N) is 4. The Labute approximate surface area is 213 Å². The third-order valence-corrected chi connectivity index (χ3v) is 8.53. The molecule has 5 rings (SSSR count). The number of hydrogen-bond donors (Lipinski definition) is 1. The monoisotopic (exact) mass is 517 g/mol. The van der Waals surface area contributed by atoms with Gasteiger partial charge in [-0.25, -0.2) is 13.8 Å². The summed E-state index contributed by atoms with van der Waals surface area (Å²) in [6.45, 7) is 2.38. The molecule has 1 aliphatic carbocycles. The van der Waals surface area contributed by atoms with Crippen molar-refractivity contribution in [3.05, 3.63) is 40.5 Å². The lowest BCUT2D eigenvalue weighted by Crippen LogP contribution is -2.38. The second-order valence-corrected chi connectivity index (χ2v) is 11.0. The van der Waals surface area contributed by atoms with E-state index in [9.17, 15) is 13.6 Å². The van der Waals surface area contributed by atoms with E-state index in [0.29, 0.717) is 16.7 Å². The molecule has 1 aliphatic heterocycles. The molecule has 1 aromatic carbocycles. The molecule has 10 heteroatoms. The van der Waals surface area contributed by atoms with Crippen LogP contribution in [0.3, 0.4) is 0 Å². The quantitative estimate of drug-likeness (QED) is 0.478. The number of alkyl halides is 2. The lowest BCUT2D eigenvalue weighted by atomic mass is 9.84. The van der Waals surface area contributed by atoms with Gasteiger partial charge in [-0.15, -0.1) is 0 Å². The molecule has 0 unspecified atom stereocenters. The molecular weight excluding hydrogens is 484 g/mol. The maximum Gasteiger partial charge on any atom is 0.273 e. The zero-order chi connectivity index (χ0) is 25.1. The van der Waals surface area contributed by atoms with Gasteiger partial charge in [-0.05, 0) is 63.1 Å². The number of ether oxygens (including phenoxy) is 1. The van der Waals surface area contributed by atoms with E-state index in [-0.39, 0.29) is 11.9 Å². The highest BCUT2D eigenvalue weighted by molar-refractivity contribution is 7.13. The summed E-state index contributed by atoms with van der Waals surface area (Å²) in [7, 11) is 1.89. The van der Waals surface area contributed by atoms with Gasteiger partial charge >= 0.3 is 0 Å². The molecule has 0 saturated heterocycles. The van der Waals surface area contributed by atoms with Crippen LogP contribution in [0.15, 0.2) is 24.4 Å². The van der Waals surface area contributed by atoms with Crippen LogP contribution in [-0.4, -0.2) is 64.3 Å². The Bertz CT molecular complexity index is 1160. The smallest absolute Gasteiger partial charge is 0.273 e. The van der Waals surface area contributed by atoms with Crippen LogP contribution >= 0.6 is 11.3 Å². The number of fused-ring (bicyclic) bond motifs is 2. The molecule has 0 spiro atoms. The summed E-state index contributed by atoms with van der Waals surface area (Å²) in [5.74, 6) is 0.684. The molecule has 0 radical (unpaired) electrons. The second-order valence-electron chi connectivity index (χ2n) is 9.91. The van der Waals surface area contributed by atoms with Gasteiger partial charge in [0.15, 0.2) is 6.61 Å². The number of hydrogen-bond acceptors (Lipinski definition) is 6. The van der Waals surface area contributed by atoms with Crippen LogP contribution in [0.4, 0.5) is 8.78 Å². The predicted octanol–water partition coefficient (Wildman–Crippen LogP) is 4.45. The van der Waals surface area contributed by atoms with Crippen molar-refractivity contribution in [2.24, 2.45) is 13.0 Å². The van der Waals surface area contributed by atoms with Gasteiger partial charge in [-0.2, -0.15) is 5.10 Å². The zero-order valence-corrected chi connectivity index (χ0v) is 21.4. The van der Waals surface area contributed by atoms with E-state index in [4.69, 9.17) is 4.74 Å². The molecule has 1 amide bonds.